The Labute approximate surface area is 167 Å². The summed E-state index contributed by atoms with van der Waals surface area (Å²) in [6.07, 6.45) is -0.441. The highest BCUT2D eigenvalue weighted by Gasteiger charge is 2.51. The lowest BCUT2D eigenvalue weighted by molar-refractivity contribution is -0.127. The second-order valence-electron chi connectivity index (χ2n) is 8.21. The van der Waals surface area contributed by atoms with Gasteiger partial charge in [-0.05, 0) is 21.8 Å². The molecule has 1 heterocycles. The second kappa shape index (κ2) is 7.89. The van der Waals surface area contributed by atoms with Gasteiger partial charge in [0.1, 0.15) is 0 Å². The molecule has 0 saturated carbocycles. The van der Waals surface area contributed by atoms with Crippen LogP contribution in [0.15, 0.2) is 60.7 Å². The molecule has 1 N–H and O–H groups in total. The van der Waals surface area contributed by atoms with Crippen LogP contribution in [0.5, 0.6) is 0 Å². The molecule has 1 fully saturated rings. The van der Waals surface area contributed by atoms with Crippen molar-refractivity contribution in [3.63, 3.8) is 0 Å². The Morgan fingerprint density at radius 1 is 1.07 bits per heavy atom. The number of carbonyl (C=O) groups excluding carboxylic acids is 1. The van der Waals surface area contributed by atoms with Gasteiger partial charge < -0.3 is 9.53 Å². The molecule has 1 aliphatic rings. The summed E-state index contributed by atoms with van der Waals surface area (Å²) in [7, 11) is -2.73. The molecule has 2 amide bonds. The second-order valence-corrected chi connectivity index (χ2v) is 12.5. The Kier molecular flexibility index (Phi) is 5.72. The van der Waals surface area contributed by atoms with E-state index in [1.54, 1.807) is 0 Å². The standard InChI is InChI=1S/C22H27NO4Si/c1-22(2,3)28(18-10-6-4-7-11-18,19-12-8-5-9-13-19)27-16-17-14-15-20(24)23(17)21(25)26/h4-13,17H,14-16H2,1-3H3,(H,25,26). The van der Waals surface area contributed by atoms with Gasteiger partial charge in [-0.2, -0.15) is 0 Å². The first-order valence-electron chi connectivity index (χ1n) is 9.57. The molecule has 0 aromatic heterocycles. The number of carboxylic acid groups (broad SMARTS) is 1. The van der Waals surface area contributed by atoms with E-state index in [1.807, 2.05) is 36.4 Å². The van der Waals surface area contributed by atoms with Crippen LogP contribution in [0.1, 0.15) is 33.6 Å². The van der Waals surface area contributed by atoms with Crippen molar-refractivity contribution in [3.05, 3.63) is 60.7 Å². The van der Waals surface area contributed by atoms with E-state index in [9.17, 15) is 14.7 Å². The smallest absolute Gasteiger partial charge is 0.414 e. The minimum absolute atomic E-state index is 0.188. The van der Waals surface area contributed by atoms with Crippen molar-refractivity contribution in [2.45, 2.75) is 44.7 Å². The Morgan fingerprint density at radius 2 is 1.57 bits per heavy atom. The van der Waals surface area contributed by atoms with E-state index in [0.717, 1.165) is 15.3 Å². The Hall–Kier alpha value is -2.44. The predicted molar refractivity (Wildman–Crippen MR) is 111 cm³/mol. The number of hydrogen-bond donors (Lipinski definition) is 1. The number of carbonyl (C=O) groups is 2. The summed E-state index contributed by atoms with van der Waals surface area (Å²) in [6, 6.07) is 20.0. The molecule has 148 valence electrons. The largest absolute Gasteiger partial charge is 0.465 e. The zero-order chi connectivity index (χ0) is 20.4. The van der Waals surface area contributed by atoms with Crippen molar-refractivity contribution < 1.29 is 19.1 Å². The van der Waals surface area contributed by atoms with Crippen LogP contribution in [0.4, 0.5) is 4.79 Å². The van der Waals surface area contributed by atoms with Gasteiger partial charge in [0.2, 0.25) is 5.91 Å². The van der Waals surface area contributed by atoms with Crippen LogP contribution in [-0.4, -0.2) is 43.0 Å². The van der Waals surface area contributed by atoms with Crippen molar-refractivity contribution >= 4 is 30.7 Å². The van der Waals surface area contributed by atoms with Crippen LogP contribution in [0, 0.1) is 0 Å². The van der Waals surface area contributed by atoms with Crippen molar-refractivity contribution in [3.8, 4) is 0 Å². The molecule has 0 radical (unpaired) electrons. The molecule has 3 rings (SSSR count). The van der Waals surface area contributed by atoms with Gasteiger partial charge in [0, 0.05) is 6.42 Å². The van der Waals surface area contributed by atoms with Crippen LogP contribution >= 0.6 is 0 Å². The maximum atomic E-state index is 12.0. The first kappa shape index (κ1) is 20.3. The van der Waals surface area contributed by atoms with E-state index >= 15 is 0 Å². The number of hydrogen-bond acceptors (Lipinski definition) is 3. The molecule has 6 heteroatoms. The van der Waals surface area contributed by atoms with Gasteiger partial charge in [0.15, 0.2) is 0 Å². The highest BCUT2D eigenvalue weighted by Crippen LogP contribution is 2.37. The van der Waals surface area contributed by atoms with Gasteiger partial charge in [-0.15, -0.1) is 0 Å². The lowest BCUT2D eigenvalue weighted by Gasteiger charge is -2.43. The molecular formula is C22H27NO4Si. The lowest BCUT2D eigenvalue weighted by Crippen LogP contribution is -2.67. The SMILES string of the molecule is CC(C)(C)[Si](OCC1CCC(=O)N1C(=O)O)(c1ccccc1)c1ccccc1. The third-order valence-electron chi connectivity index (χ3n) is 5.44. The van der Waals surface area contributed by atoms with E-state index in [2.05, 4.69) is 45.0 Å². The number of likely N-dealkylation sites (tertiary alicyclic amines) is 1. The topological polar surface area (TPSA) is 66.8 Å². The molecule has 0 aliphatic carbocycles. The fourth-order valence-corrected chi connectivity index (χ4v) is 8.74. The normalized spacial score (nSPS) is 17.8. The number of imide groups is 1. The summed E-state index contributed by atoms with van der Waals surface area (Å²) in [5.74, 6) is -0.344. The fourth-order valence-electron chi connectivity index (χ4n) is 4.15. The van der Waals surface area contributed by atoms with Crippen molar-refractivity contribution in [1.82, 2.24) is 4.90 Å². The fraction of sp³-hybridized carbons (Fsp3) is 0.364. The van der Waals surface area contributed by atoms with Gasteiger partial charge in [0.25, 0.3) is 8.32 Å². The van der Waals surface area contributed by atoms with Crippen molar-refractivity contribution in [2.24, 2.45) is 0 Å². The average Bonchev–Trinajstić information content (AvgIpc) is 3.04. The quantitative estimate of drug-likeness (QED) is 0.787. The molecule has 1 unspecified atom stereocenters. The molecule has 0 spiro atoms. The number of benzene rings is 2. The van der Waals surface area contributed by atoms with Gasteiger partial charge in [-0.3, -0.25) is 4.79 Å². The van der Waals surface area contributed by atoms with Gasteiger partial charge in [0.05, 0.1) is 12.6 Å². The minimum atomic E-state index is -2.73. The Balaban J connectivity index is 2.04. The van der Waals surface area contributed by atoms with Crippen LogP contribution in [0.25, 0.3) is 0 Å². The highest BCUT2D eigenvalue weighted by atomic mass is 28.4. The van der Waals surface area contributed by atoms with Gasteiger partial charge in [-0.1, -0.05) is 81.4 Å². The summed E-state index contributed by atoms with van der Waals surface area (Å²) in [5.41, 5.74) is 0. The van der Waals surface area contributed by atoms with E-state index < -0.39 is 20.5 Å². The minimum Gasteiger partial charge on any atom is -0.465 e. The van der Waals surface area contributed by atoms with Crippen molar-refractivity contribution in [1.29, 1.82) is 0 Å². The zero-order valence-electron chi connectivity index (χ0n) is 16.6. The van der Waals surface area contributed by atoms with E-state index in [4.69, 9.17) is 4.43 Å². The predicted octanol–water partition coefficient (Wildman–Crippen LogP) is 3.23. The number of rotatable bonds is 5. The van der Waals surface area contributed by atoms with Crippen LogP contribution in [0.2, 0.25) is 5.04 Å². The van der Waals surface area contributed by atoms with Gasteiger partial charge >= 0.3 is 6.09 Å². The third kappa shape index (κ3) is 3.62. The van der Waals surface area contributed by atoms with Crippen LogP contribution in [-0.2, 0) is 9.22 Å². The molecule has 1 aliphatic heterocycles. The molecule has 2 aromatic carbocycles. The molecule has 2 aromatic rings. The molecule has 5 nitrogen and oxygen atoms in total. The number of nitrogens with zero attached hydrogens (tertiary/aromatic N) is 1. The van der Waals surface area contributed by atoms with Gasteiger partial charge in [-0.25, -0.2) is 9.69 Å². The summed E-state index contributed by atoms with van der Waals surface area (Å²) < 4.78 is 6.76. The zero-order valence-corrected chi connectivity index (χ0v) is 17.6. The Bertz CT molecular complexity index is 793. The first-order valence-corrected chi connectivity index (χ1v) is 11.5. The monoisotopic (exact) mass is 397 g/mol. The van der Waals surface area contributed by atoms with E-state index in [1.165, 1.54) is 0 Å². The third-order valence-corrected chi connectivity index (χ3v) is 10.4. The maximum Gasteiger partial charge on any atom is 0.414 e. The molecule has 1 atom stereocenters. The summed E-state index contributed by atoms with van der Waals surface area (Å²) in [6.45, 7) is 6.74. The highest BCUT2D eigenvalue weighted by molar-refractivity contribution is 6.99. The number of amides is 2. The van der Waals surface area contributed by atoms with Crippen molar-refractivity contribution in [2.75, 3.05) is 6.61 Å². The Morgan fingerprint density at radius 3 is 2.00 bits per heavy atom. The average molecular weight is 398 g/mol. The van der Waals surface area contributed by atoms with Crippen LogP contribution in [0.3, 0.4) is 0 Å². The summed E-state index contributed by atoms with van der Waals surface area (Å²) >= 11 is 0. The van der Waals surface area contributed by atoms with E-state index in [-0.39, 0.29) is 24.0 Å². The lowest BCUT2D eigenvalue weighted by atomic mass is 10.2. The summed E-state index contributed by atoms with van der Waals surface area (Å²) in [4.78, 5) is 24.5. The van der Waals surface area contributed by atoms with Crippen LogP contribution < -0.4 is 10.4 Å². The molecule has 1 saturated heterocycles. The first-order chi connectivity index (χ1) is 13.3. The van der Waals surface area contributed by atoms with E-state index in [0.29, 0.717) is 6.42 Å². The maximum absolute atomic E-state index is 12.0. The molecule has 0 bridgehead atoms. The summed E-state index contributed by atoms with van der Waals surface area (Å²) in [5, 5.41) is 11.5. The molecular weight excluding hydrogens is 370 g/mol. The molecule has 28 heavy (non-hydrogen) atoms.